The summed E-state index contributed by atoms with van der Waals surface area (Å²) < 4.78 is 32.3. The van der Waals surface area contributed by atoms with Crippen LogP contribution < -0.4 is 9.62 Å². The molecule has 1 saturated heterocycles. The third-order valence-electron chi connectivity index (χ3n) is 4.26. The van der Waals surface area contributed by atoms with Crippen LogP contribution in [0.3, 0.4) is 0 Å². The van der Waals surface area contributed by atoms with E-state index in [2.05, 4.69) is 19.6 Å². The summed E-state index contributed by atoms with van der Waals surface area (Å²) in [4.78, 5) is 10.3. The van der Waals surface area contributed by atoms with Crippen LogP contribution in [0, 0.1) is 5.92 Å². The third-order valence-corrected chi connectivity index (χ3v) is 5.78. The number of nitrogens with zero attached hydrogens (tertiary/aromatic N) is 3. The molecular formula is C14H22N4O3S. The first-order valence-corrected chi connectivity index (χ1v) is 9.25. The van der Waals surface area contributed by atoms with Crippen LogP contribution in [-0.4, -0.2) is 56.5 Å². The molecule has 1 aromatic heterocycles. The van der Waals surface area contributed by atoms with Crippen LogP contribution in [0.5, 0.6) is 0 Å². The second-order valence-electron chi connectivity index (χ2n) is 6.04. The summed E-state index contributed by atoms with van der Waals surface area (Å²) in [7, 11) is -1.50. The fourth-order valence-electron chi connectivity index (χ4n) is 2.85. The van der Waals surface area contributed by atoms with Gasteiger partial charge in [-0.1, -0.05) is 0 Å². The van der Waals surface area contributed by atoms with Gasteiger partial charge in [0.25, 0.3) is 0 Å². The molecule has 0 bridgehead atoms. The van der Waals surface area contributed by atoms with Crippen LogP contribution in [0.2, 0.25) is 0 Å². The van der Waals surface area contributed by atoms with E-state index in [1.807, 2.05) is 6.07 Å². The molecule has 122 valence electrons. The van der Waals surface area contributed by atoms with Gasteiger partial charge in [-0.25, -0.2) is 23.1 Å². The average molecular weight is 326 g/mol. The molecule has 7 nitrogen and oxygen atoms in total. The van der Waals surface area contributed by atoms with Gasteiger partial charge in [-0.05, 0) is 31.2 Å². The lowest BCUT2D eigenvalue weighted by Gasteiger charge is -2.25. The van der Waals surface area contributed by atoms with Crippen molar-refractivity contribution in [3.8, 4) is 0 Å². The van der Waals surface area contributed by atoms with Gasteiger partial charge in [-0.3, -0.25) is 0 Å². The number of sulfonamides is 1. The van der Waals surface area contributed by atoms with Gasteiger partial charge in [-0.2, -0.15) is 0 Å². The van der Waals surface area contributed by atoms with Crippen molar-refractivity contribution in [1.29, 1.82) is 0 Å². The SMILES string of the molecule is CO[C@@H]1C[C@H](CNS(=O)(=O)CC2CC2)N(c2ccncn2)C1. The number of rotatable bonds is 7. The van der Waals surface area contributed by atoms with Crippen molar-refractivity contribution in [2.45, 2.75) is 31.4 Å². The van der Waals surface area contributed by atoms with E-state index in [4.69, 9.17) is 4.74 Å². The van der Waals surface area contributed by atoms with Crippen LogP contribution in [0.1, 0.15) is 19.3 Å². The number of anilines is 1. The summed E-state index contributed by atoms with van der Waals surface area (Å²) >= 11 is 0. The van der Waals surface area contributed by atoms with Crippen molar-refractivity contribution in [2.75, 3.05) is 30.9 Å². The lowest BCUT2D eigenvalue weighted by atomic mass is 10.2. The Hall–Kier alpha value is -1.25. The van der Waals surface area contributed by atoms with E-state index in [9.17, 15) is 8.42 Å². The minimum Gasteiger partial charge on any atom is -0.380 e. The summed E-state index contributed by atoms with van der Waals surface area (Å²) in [6.07, 6.45) is 6.13. The molecular weight excluding hydrogens is 304 g/mol. The maximum Gasteiger partial charge on any atom is 0.211 e. The minimum absolute atomic E-state index is 0.0498. The van der Waals surface area contributed by atoms with Crippen molar-refractivity contribution in [3.63, 3.8) is 0 Å². The predicted molar refractivity (Wildman–Crippen MR) is 83.1 cm³/mol. The third kappa shape index (κ3) is 3.93. The Bertz CT molecular complexity index is 591. The number of hydrogen-bond donors (Lipinski definition) is 1. The Morgan fingerprint density at radius 2 is 2.27 bits per heavy atom. The Morgan fingerprint density at radius 1 is 1.45 bits per heavy atom. The summed E-state index contributed by atoms with van der Waals surface area (Å²) in [5.41, 5.74) is 0. The second kappa shape index (κ2) is 6.47. The van der Waals surface area contributed by atoms with E-state index in [1.165, 1.54) is 6.33 Å². The van der Waals surface area contributed by atoms with E-state index in [1.54, 1.807) is 13.3 Å². The Morgan fingerprint density at radius 3 is 2.91 bits per heavy atom. The topological polar surface area (TPSA) is 84.4 Å². The second-order valence-corrected chi connectivity index (χ2v) is 7.89. The quantitative estimate of drug-likeness (QED) is 0.781. The van der Waals surface area contributed by atoms with Crippen molar-refractivity contribution in [1.82, 2.24) is 14.7 Å². The molecule has 8 heteroatoms. The van der Waals surface area contributed by atoms with E-state index in [0.717, 1.165) is 25.1 Å². The van der Waals surface area contributed by atoms with Crippen molar-refractivity contribution >= 4 is 15.8 Å². The highest BCUT2D eigenvalue weighted by Gasteiger charge is 2.34. The van der Waals surface area contributed by atoms with Gasteiger partial charge in [0, 0.05) is 32.4 Å². The zero-order valence-electron chi connectivity index (χ0n) is 12.7. The summed E-state index contributed by atoms with van der Waals surface area (Å²) in [6.45, 7) is 1.10. The standard InChI is InChI=1S/C14H22N4O3S/c1-21-13-6-12(7-17-22(19,20)9-11-2-3-11)18(8-13)14-4-5-15-10-16-14/h4-5,10-13,17H,2-3,6-9H2,1H3/t12-,13-/m1/s1. The van der Waals surface area contributed by atoms with Gasteiger partial charge in [0.05, 0.1) is 11.9 Å². The van der Waals surface area contributed by atoms with E-state index in [0.29, 0.717) is 19.0 Å². The van der Waals surface area contributed by atoms with Gasteiger partial charge < -0.3 is 9.64 Å². The number of methoxy groups -OCH3 is 1. The molecule has 2 fully saturated rings. The summed E-state index contributed by atoms with van der Waals surface area (Å²) in [5.74, 6) is 1.41. The van der Waals surface area contributed by atoms with Crippen LogP contribution in [0.15, 0.2) is 18.6 Å². The molecule has 22 heavy (non-hydrogen) atoms. The fraction of sp³-hybridized carbons (Fsp3) is 0.714. The molecule has 0 unspecified atom stereocenters. The lowest BCUT2D eigenvalue weighted by Crippen LogP contribution is -2.41. The smallest absolute Gasteiger partial charge is 0.211 e. The molecule has 1 saturated carbocycles. The molecule has 1 N–H and O–H groups in total. The highest BCUT2D eigenvalue weighted by atomic mass is 32.2. The zero-order chi connectivity index (χ0) is 15.6. The normalized spacial score (nSPS) is 25.6. The van der Waals surface area contributed by atoms with Crippen LogP contribution in [0.4, 0.5) is 5.82 Å². The first-order valence-electron chi connectivity index (χ1n) is 7.60. The molecule has 0 spiro atoms. The molecule has 3 rings (SSSR count). The summed E-state index contributed by atoms with van der Waals surface area (Å²) in [6, 6.07) is 1.89. The largest absolute Gasteiger partial charge is 0.380 e. The molecule has 0 radical (unpaired) electrons. The summed E-state index contributed by atoms with van der Waals surface area (Å²) in [5, 5.41) is 0. The maximum absolute atomic E-state index is 12.0. The van der Waals surface area contributed by atoms with E-state index in [-0.39, 0.29) is 17.9 Å². The van der Waals surface area contributed by atoms with Gasteiger partial charge in [0.2, 0.25) is 10.0 Å². The monoisotopic (exact) mass is 326 g/mol. The van der Waals surface area contributed by atoms with Gasteiger partial charge in [0.1, 0.15) is 12.1 Å². The first-order chi connectivity index (χ1) is 10.6. The van der Waals surface area contributed by atoms with Crippen molar-refractivity contribution < 1.29 is 13.2 Å². The fourth-order valence-corrected chi connectivity index (χ4v) is 4.37. The maximum atomic E-state index is 12.0. The van der Waals surface area contributed by atoms with Crippen LogP contribution in [-0.2, 0) is 14.8 Å². The Labute approximate surface area is 131 Å². The molecule has 1 aliphatic heterocycles. The van der Waals surface area contributed by atoms with E-state index < -0.39 is 10.0 Å². The van der Waals surface area contributed by atoms with Gasteiger partial charge in [-0.15, -0.1) is 0 Å². The molecule has 2 heterocycles. The van der Waals surface area contributed by atoms with Gasteiger partial charge >= 0.3 is 0 Å². The van der Waals surface area contributed by atoms with Crippen molar-refractivity contribution in [3.05, 3.63) is 18.6 Å². The molecule has 1 aromatic rings. The highest BCUT2D eigenvalue weighted by molar-refractivity contribution is 7.89. The lowest BCUT2D eigenvalue weighted by molar-refractivity contribution is 0.118. The average Bonchev–Trinajstić information content (AvgIpc) is 3.21. The number of nitrogens with one attached hydrogen (secondary N) is 1. The van der Waals surface area contributed by atoms with Crippen LogP contribution >= 0.6 is 0 Å². The Kier molecular flexibility index (Phi) is 4.60. The number of hydrogen-bond acceptors (Lipinski definition) is 6. The number of ether oxygens (including phenoxy) is 1. The van der Waals surface area contributed by atoms with Crippen molar-refractivity contribution in [2.24, 2.45) is 5.92 Å². The molecule has 0 amide bonds. The molecule has 1 aliphatic carbocycles. The van der Waals surface area contributed by atoms with Gasteiger partial charge in [0.15, 0.2) is 0 Å². The van der Waals surface area contributed by atoms with Crippen LogP contribution in [0.25, 0.3) is 0 Å². The zero-order valence-corrected chi connectivity index (χ0v) is 13.5. The molecule has 2 atom stereocenters. The number of aromatic nitrogens is 2. The molecule has 2 aliphatic rings. The molecule has 0 aromatic carbocycles. The highest BCUT2D eigenvalue weighted by Crippen LogP contribution is 2.30. The predicted octanol–water partition coefficient (Wildman–Crippen LogP) is 0.400. The first kappa shape index (κ1) is 15.6. The van der Waals surface area contributed by atoms with E-state index >= 15 is 0 Å². The minimum atomic E-state index is -3.19. The Balaban J connectivity index is 1.64.